The summed E-state index contributed by atoms with van der Waals surface area (Å²) in [6, 6.07) is 0.149. The minimum atomic E-state index is -3.28. The van der Waals surface area contributed by atoms with Crippen LogP contribution in [0.3, 0.4) is 0 Å². The zero-order valence-corrected chi connectivity index (χ0v) is 20.3. The molecule has 1 aliphatic heterocycles. The van der Waals surface area contributed by atoms with Crippen LogP contribution in [0.2, 0.25) is 0 Å². The molecule has 9 nitrogen and oxygen atoms in total. The first kappa shape index (κ1) is 26.3. The van der Waals surface area contributed by atoms with Gasteiger partial charge in [-0.2, -0.15) is 0 Å². The molecule has 1 aliphatic rings. The molecule has 0 atom stereocenters. The van der Waals surface area contributed by atoms with Crippen molar-refractivity contribution in [3.8, 4) is 0 Å². The molecule has 0 radical (unpaired) electrons. The fourth-order valence-electron chi connectivity index (χ4n) is 2.86. The van der Waals surface area contributed by atoms with E-state index in [1.165, 1.54) is 0 Å². The molecule has 0 aromatic carbocycles. The molecule has 0 spiro atoms. The molecule has 0 aromatic heterocycles. The van der Waals surface area contributed by atoms with Crippen LogP contribution < -0.4 is 15.4 Å². The molecule has 3 N–H and O–H groups in total. The Labute approximate surface area is 180 Å². The van der Waals surface area contributed by atoms with E-state index in [4.69, 9.17) is 0 Å². The Bertz CT molecular complexity index is 601. The summed E-state index contributed by atoms with van der Waals surface area (Å²) in [6.45, 7) is 11.4. The van der Waals surface area contributed by atoms with Crippen molar-refractivity contribution in [3.05, 3.63) is 0 Å². The number of aliphatic imine (C=N–C) groups is 1. The summed E-state index contributed by atoms with van der Waals surface area (Å²) in [7, 11) is -1.57. The molecule has 0 bridgehead atoms. The number of piperazine rings is 1. The molecule has 1 heterocycles. The van der Waals surface area contributed by atoms with Crippen molar-refractivity contribution in [3.63, 3.8) is 0 Å². The van der Waals surface area contributed by atoms with E-state index in [2.05, 4.69) is 30.1 Å². The highest BCUT2D eigenvalue weighted by Gasteiger charge is 2.25. The van der Waals surface area contributed by atoms with Gasteiger partial charge in [-0.05, 0) is 27.7 Å². The van der Waals surface area contributed by atoms with Crippen LogP contribution in [0, 0.1) is 0 Å². The van der Waals surface area contributed by atoms with E-state index in [1.807, 2.05) is 27.7 Å². The zero-order chi connectivity index (χ0) is 20.0. The van der Waals surface area contributed by atoms with Crippen molar-refractivity contribution in [2.75, 3.05) is 52.6 Å². The fourth-order valence-corrected chi connectivity index (χ4v) is 3.93. The number of hydrogen-bond acceptors (Lipinski definition) is 5. The first-order valence-corrected chi connectivity index (χ1v) is 10.8. The molecule has 1 rings (SSSR count). The minimum Gasteiger partial charge on any atom is -0.354 e. The van der Waals surface area contributed by atoms with Gasteiger partial charge in [0, 0.05) is 51.4 Å². The van der Waals surface area contributed by atoms with Gasteiger partial charge in [0.2, 0.25) is 15.9 Å². The van der Waals surface area contributed by atoms with Gasteiger partial charge in [0.1, 0.15) is 0 Å². The predicted molar refractivity (Wildman–Crippen MR) is 120 cm³/mol. The van der Waals surface area contributed by atoms with Crippen LogP contribution in [0.15, 0.2) is 4.99 Å². The van der Waals surface area contributed by atoms with Crippen LogP contribution in [-0.4, -0.2) is 94.2 Å². The normalized spacial score (nSPS) is 16.9. The number of hydrogen-bond donors (Lipinski definition) is 3. The Morgan fingerprint density at radius 3 is 2.19 bits per heavy atom. The average Bonchev–Trinajstić information content (AvgIpc) is 2.46. The van der Waals surface area contributed by atoms with E-state index in [9.17, 15) is 13.2 Å². The van der Waals surface area contributed by atoms with E-state index in [-0.39, 0.29) is 35.9 Å². The maximum Gasteiger partial charge on any atom is 0.234 e. The summed E-state index contributed by atoms with van der Waals surface area (Å²) in [5, 5.41) is 6.14. The lowest BCUT2D eigenvalue weighted by molar-refractivity contribution is -0.123. The van der Waals surface area contributed by atoms with Crippen LogP contribution in [-0.2, 0) is 14.8 Å². The summed E-state index contributed by atoms with van der Waals surface area (Å²) in [5.41, 5.74) is -0.625. The topological polar surface area (TPSA) is 106 Å². The zero-order valence-electron chi connectivity index (χ0n) is 17.2. The lowest BCUT2D eigenvalue weighted by atomic mass is 10.1. The van der Waals surface area contributed by atoms with E-state index >= 15 is 0 Å². The van der Waals surface area contributed by atoms with Crippen molar-refractivity contribution < 1.29 is 13.2 Å². The number of nitrogens with zero attached hydrogens (tertiary/aromatic N) is 3. The van der Waals surface area contributed by atoms with Crippen molar-refractivity contribution >= 4 is 45.9 Å². The predicted octanol–water partition coefficient (Wildman–Crippen LogP) is -0.350. The molecule has 27 heavy (non-hydrogen) atoms. The molecule has 0 aromatic rings. The van der Waals surface area contributed by atoms with Gasteiger partial charge < -0.3 is 15.5 Å². The highest BCUT2D eigenvalue weighted by molar-refractivity contribution is 14.0. The van der Waals surface area contributed by atoms with Crippen molar-refractivity contribution in [2.24, 2.45) is 4.99 Å². The SMILES string of the molecule is CN=C(NCC(C)(C)NS(C)(=O)=O)N1CCN(CC(=O)NC(C)C)CC1.I. The van der Waals surface area contributed by atoms with Gasteiger partial charge in [0.15, 0.2) is 5.96 Å². The van der Waals surface area contributed by atoms with E-state index < -0.39 is 15.6 Å². The monoisotopic (exact) mass is 518 g/mol. The van der Waals surface area contributed by atoms with Crippen LogP contribution in [0.5, 0.6) is 0 Å². The van der Waals surface area contributed by atoms with Gasteiger partial charge in [-0.15, -0.1) is 24.0 Å². The highest BCUT2D eigenvalue weighted by atomic mass is 127. The van der Waals surface area contributed by atoms with Gasteiger partial charge in [0.25, 0.3) is 0 Å². The van der Waals surface area contributed by atoms with Gasteiger partial charge in [-0.1, -0.05) is 0 Å². The molecule has 0 saturated carbocycles. The Morgan fingerprint density at radius 1 is 1.19 bits per heavy atom. The molecular weight excluding hydrogens is 483 g/mol. The second-order valence-corrected chi connectivity index (χ2v) is 9.39. The number of rotatable bonds is 7. The summed E-state index contributed by atoms with van der Waals surface area (Å²) in [5.74, 6) is 0.782. The lowest BCUT2D eigenvalue weighted by Crippen LogP contribution is -2.57. The van der Waals surface area contributed by atoms with E-state index in [0.29, 0.717) is 13.1 Å². The van der Waals surface area contributed by atoms with E-state index in [1.54, 1.807) is 7.05 Å². The Morgan fingerprint density at radius 2 is 1.74 bits per heavy atom. The Kier molecular flexibility index (Phi) is 11.1. The van der Waals surface area contributed by atoms with Gasteiger partial charge in [-0.3, -0.25) is 14.7 Å². The van der Waals surface area contributed by atoms with Gasteiger partial charge in [-0.25, -0.2) is 13.1 Å². The number of amides is 1. The highest BCUT2D eigenvalue weighted by Crippen LogP contribution is 2.05. The molecule has 1 fully saturated rings. The smallest absolute Gasteiger partial charge is 0.234 e. The third kappa shape index (κ3) is 11.1. The van der Waals surface area contributed by atoms with Crippen molar-refractivity contribution in [1.82, 2.24) is 25.2 Å². The summed E-state index contributed by atoms with van der Waals surface area (Å²) < 4.78 is 25.5. The quantitative estimate of drug-likeness (QED) is 0.242. The first-order chi connectivity index (χ1) is 11.9. The molecule has 1 amide bonds. The number of guanidine groups is 1. The minimum absolute atomic E-state index is 0. The summed E-state index contributed by atoms with van der Waals surface area (Å²) >= 11 is 0. The second kappa shape index (κ2) is 11.4. The molecule has 11 heteroatoms. The maximum atomic E-state index is 11.9. The standard InChI is InChI=1S/C16H34N6O3S.HI/c1-13(2)19-14(23)11-21-7-9-22(10-8-21)15(17-5)18-12-16(3,4)20-26(6,24)25;/h13,20H,7-12H2,1-6H3,(H,17,18)(H,19,23);1H. The number of halogens is 1. The first-order valence-electron chi connectivity index (χ1n) is 8.88. The molecule has 0 unspecified atom stereocenters. The van der Waals surface area contributed by atoms with Crippen molar-refractivity contribution in [1.29, 1.82) is 0 Å². The van der Waals surface area contributed by atoms with E-state index in [0.717, 1.165) is 38.4 Å². The summed E-state index contributed by atoms with van der Waals surface area (Å²) in [4.78, 5) is 20.4. The fraction of sp³-hybridized carbons (Fsp3) is 0.875. The second-order valence-electron chi connectivity index (χ2n) is 7.64. The molecule has 0 aliphatic carbocycles. The number of carbonyl (C=O) groups excluding carboxylic acids is 1. The third-order valence-electron chi connectivity index (χ3n) is 3.85. The molecule has 160 valence electrons. The number of sulfonamides is 1. The molecule has 1 saturated heterocycles. The largest absolute Gasteiger partial charge is 0.354 e. The summed E-state index contributed by atoms with van der Waals surface area (Å²) in [6.07, 6.45) is 1.15. The third-order valence-corrected chi connectivity index (χ3v) is 4.77. The van der Waals surface area contributed by atoms with Crippen LogP contribution >= 0.6 is 24.0 Å². The number of carbonyl (C=O) groups is 1. The lowest BCUT2D eigenvalue weighted by Gasteiger charge is -2.37. The maximum absolute atomic E-state index is 11.9. The Balaban J connectivity index is 0.00000676. The van der Waals surface area contributed by atoms with Crippen LogP contribution in [0.1, 0.15) is 27.7 Å². The van der Waals surface area contributed by atoms with Crippen LogP contribution in [0.25, 0.3) is 0 Å². The molecular formula is C16H35IN6O3S. The average molecular weight is 518 g/mol. The number of nitrogens with one attached hydrogen (secondary N) is 3. The van der Waals surface area contributed by atoms with Crippen molar-refractivity contribution in [2.45, 2.75) is 39.3 Å². The van der Waals surface area contributed by atoms with Gasteiger partial charge >= 0.3 is 0 Å². The Hall–Kier alpha value is -0.660. The van der Waals surface area contributed by atoms with Gasteiger partial charge in [0.05, 0.1) is 12.8 Å². The van der Waals surface area contributed by atoms with Crippen LogP contribution in [0.4, 0.5) is 0 Å².